The number of sulfonamides is 1. The summed E-state index contributed by atoms with van der Waals surface area (Å²) in [5.74, 6) is -1.11. The Morgan fingerprint density at radius 2 is 1.94 bits per heavy atom. The Balaban J connectivity index is 2.86. The lowest BCUT2D eigenvalue weighted by atomic mass is 10.4. The average molecular weight is 284 g/mol. The summed E-state index contributed by atoms with van der Waals surface area (Å²) >= 11 is 0.997. The minimum atomic E-state index is -3.77. The number of aromatic nitrogens is 1. The largest absolute Gasteiger partial charge is 0.230 e. The first-order chi connectivity index (χ1) is 7.24. The van der Waals surface area contributed by atoms with E-state index in [0.717, 1.165) is 11.3 Å². The molecule has 0 atom stereocenters. The normalized spacial score (nSPS) is 12.9. The second kappa shape index (κ2) is 4.78. The van der Waals surface area contributed by atoms with Crippen LogP contribution in [0.25, 0.3) is 0 Å². The van der Waals surface area contributed by atoms with E-state index < -0.39 is 31.4 Å². The molecule has 0 saturated carbocycles. The van der Waals surface area contributed by atoms with E-state index >= 15 is 0 Å². The zero-order valence-corrected chi connectivity index (χ0v) is 11.0. The number of hydrogen-bond acceptors (Lipinski definition) is 6. The number of hydrogen-bond donors (Lipinski definition) is 1. The summed E-state index contributed by atoms with van der Waals surface area (Å²) < 4.78 is 44.6. The van der Waals surface area contributed by atoms with Crippen LogP contribution in [0.5, 0.6) is 0 Å². The van der Waals surface area contributed by atoms with Crippen LogP contribution < -0.4 is 5.14 Å². The number of rotatable bonds is 5. The topological polar surface area (TPSA) is 107 Å². The molecular weight excluding hydrogens is 272 g/mol. The van der Waals surface area contributed by atoms with E-state index in [2.05, 4.69) is 4.98 Å². The van der Waals surface area contributed by atoms with Crippen molar-refractivity contribution in [3.8, 4) is 0 Å². The van der Waals surface area contributed by atoms with Gasteiger partial charge in [0.05, 0.1) is 17.2 Å². The van der Waals surface area contributed by atoms with Crippen LogP contribution in [0.4, 0.5) is 0 Å². The predicted molar refractivity (Wildman–Crippen MR) is 61.5 cm³/mol. The van der Waals surface area contributed by atoms with Crippen LogP contribution in [0.15, 0.2) is 9.72 Å². The second-order valence-corrected chi connectivity index (χ2v) is 8.02. The first-order valence-electron chi connectivity index (χ1n) is 4.42. The lowest BCUT2D eigenvalue weighted by Crippen LogP contribution is -2.23. The van der Waals surface area contributed by atoms with Crippen LogP contribution in [0.2, 0.25) is 0 Å². The molecule has 0 saturated heterocycles. The lowest BCUT2D eigenvalue weighted by Gasteiger charge is -1.98. The van der Waals surface area contributed by atoms with Crippen LogP contribution in [-0.4, -0.2) is 33.3 Å². The van der Waals surface area contributed by atoms with Gasteiger partial charge in [-0.25, -0.2) is 27.0 Å². The van der Waals surface area contributed by atoms with Gasteiger partial charge in [-0.3, -0.25) is 0 Å². The summed E-state index contributed by atoms with van der Waals surface area (Å²) in [6.07, 6.45) is 0.640. The highest BCUT2D eigenvalue weighted by molar-refractivity contribution is 7.95. The highest BCUT2D eigenvalue weighted by Crippen LogP contribution is 2.17. The third-order valence-electron chi connectivity index (χ3n) is 1.80. The maximum Gasteiger partial charge on any atom is 0.210 e. The summed E-state index contributed by atoms with van der Waals surface area (Å²) in [4.78, 5) is 3.90. The molecule has 92 valence electrons. The molecule has 0 aliphatic carbocycles. The molecule has 0 spiro atoms. The summed E-state index contributed by atoms with van der Waals surface area (Å²) in [7, 11) is -7.40. The minimum Gasteiger partial charge on any atom is -0.230 e. The Bertz CT molecular complexity index is 558. The number of aryl methyl sites for hydroxylation is 1. The quantitative estimate of drug-likeness (QED) is 0.803. The fourth-order valence-corrected chi connectivity index (χ4v) is 4.75. The van der Waals surface area contributed by atoms with Gasteiger partial charge >= 0.3 is 0 Å². The zero-order chi connectivity index (χ0) is 12.4. The van der Waals surface area contributed by atoms with E-state index in [1.165, 1.54) is 0 Å². The van der Waals surface area contributed by atoms with Crippen molar-refractivity contribution in [3.63, 3.8) is 0 Å². The van der Waals surface area contributed by atoms with E-state index in [1.807, 2.05) is 6.92 Å². The van der Waals surface area contributed by atoms with Gasteiger partial charge in [0.25, 0.3) is 0 Å². The molecule has 0 aromatic carbocycles. The second-order valence-electron chi connectivity index (χ2n) is 3.14. The Kier molecular flexibility index (Phi) is 4.05. The molecule has 0 fully saturated rings. The van der Waals surface area contributed by atoms with Crippen molar-refractivity contribution in [2.45, 2.75) is 17.7 Å². The zero-order valence-electron chi connectivity index (χ0n) is 8.58. The van der Waals surface area contributed by atoms with Crippen LogP contribution >= 0.6 is 11.3 Å². The van der Waals surface area contributed by atoms with Crippen molar-refractivity contribution < 1.29 is 16.8 Å². The van der Waals surface area contributed by atoms with Crippen LogP contribution in [0, 0.1) is 0 Å². The molecule has 1 rings (SSSR count). The minimum absolute atomic E-state index is 0.0481. The van der Waals surface area contributed by atoms with Gasteiger partial charge in [0.1, 0.15) is 0 Å². The third kappa shape index (κ3) is 3.81. The molecule has 0 unspecified atom stereocenters. The van der Waals surface area contributed by atoms with Crippen molar-refractivity contribution in [3.05, 3.63) is 11.1 Å². The molecule has 0 radical (unpaired) electrons. The van der Waals surface area contributed by atoms with Crippen molar-refractivity contribution in [2.24, 2.45) is 5.14 Å². The fraction of sp³-hybridized carbons (Fsp3) is 0.571. The van der Waals surface area contributed by atoms with Crippen LogP contribution in [0.3, 0.4) is 0 Å². The monoisotopic (exact) mass is 284 g/mol. The molecular formula is C7H12N2O4S3. The standard InChI is InChI=1S/C7H12N2O4S3/c1-2-6-5-14-7(9-6)15(10,11)3-4-16(8,12)13/h5H,2-4H2,1H3,(H2,8,12,13). The molecule has 0 aliphatic rings. The third-order valence-corrected chi connectivity index (χ3v) is 5.93. The van der Waals surface area contributed by atoms with E-state index in [1.54, 1.807) is 5.38 Å². The number of nitrogens with two attached hydrogens (primary N) is 1. The van der Waals surface area contributed by atoms with E-state index in [4.69, 9.17) is 5.14 Å². The van der Waals surface area contributed by atoms with E-state index in [0.29, 0.717) is 12.1 Å². The van der Waals surface area contributed by atoms with Crippen LogP contribution in [-0.2, 0) is 26.3 Å². The average Bonchev–Trinajstić information content (AvgIpc) is 2.62. The smallest absolute Gasteiger partial charge is 0.210 e. The maximum atomic E-state index is 11.6. The van der Waals surface area contributed by atoms with Crippen molar-refractivity contribution in [1.29, 1.82) is 0 Å². The van der Waals surface area contributed by atoms with Crippen molar-refractivity contribution in [1.82, 2.24) is 4.98 Å². The first kappa shape index (κ1) is 13.6. The summed E-state index contributed by atoms with van der Waals surface area (Å²) in [5, 5.41) is 6.39. The van der Waals surface area contributed by atoms with E-state index in [-0.39, 0.29) is 4.34 Å². The van der Waals surface area contributed by atoms with Gasteiger partial charge in [0.15, 0.2) is 0 Å². The molecule has 1 heterocycles. The lowest BCUT2D eigenvalue weighted by molar-refractivity contribution is 0.587. The Morgan fingerprint density at radius 3 is 2.38 bits per heavy atom. The van der Waals surface area contributed by atoms with Gasteiger partial charge in [-0.1, -0.05) is 6.92 Å². The van der Waals surface area contributed by atoms with Crippen molar-refractivity contribution in [2.75, 3.05) is 11.5 Å². The van der Waals surface area contributed by atoms with Gasteiger partial charge in [-0.2, -0.15) is 0 Å². The summed E-state index contributed by atoms with van der Waals surface area (Å²) in [5.41, 5.74) is 0.680. The van der Waals surface area contributed by atoms with Gasteiger partial charge in [0, 0.05) is 5.38 Å². The molecule has 2 N–H and O–H groups in total. The Morgan fingerprint density at radius 1 is 1.31 bits per heavy atom. The number of sulfone groups is 1. The molecule has 0 aliphatic heterocycles. The molecule has 1 aromatic heterocycles. The Labute approximate surface area is 98.5 Å². The first-order valence-corrected chi connectivity index (χ1v) is 8.67. The maximum absolute atomic E-state index is 11.6. The SMILES string of the molecule is CCc1csc(S(=O)(=O)CCS(N)(=O)=O)n1. The molecule has 1 aromatic rings. The number of primary sulfonamides is 1. The molecule has 0 amide bonds. The van der Waals surface area contributed by atoms with Gasteiger partial charge in [0.2, 0.25) is 24.2 Å². The molecule has 6 nitrogen and oxygen atoms in total. The molecule has 9 heteroatoms. The van der Waals surface area contributed by atoms with Gasteiger partial charge in [-0.15, -0.1) is 11.3 Å². The van der Waals surface area contributed by atoms with Crippen LogP contribution in [0.1, 0.15) is 12.6 Å². The Hall–Kier alpha value is -0.510. The molecule has 0 bridgehead atoms. The van der Waals surface area contributed by atoms with Gasteiger partial charge < -0.3 is 0 Å². The number of thiazole rings is 1. The predicted octanol–water partition coefficient (Wildman–Crippen LogP) is -0.232. The summed E-state index contributed by atoms with van der Waals surface area (Å²) in [6, 6.07) is 0. The summed E-state index contributed by atoms with van der Waals surface area (Å²) in [6.45, 7) is 1.86. The van der Waals surface area contributed by atoms with E-state index in [9.17, 15) is 16.8 Å². The highest BCUT2D eigenvalue weighted by Gasteiger charge is 2.20. The highest BCUT2D eigenvalue weighted by atomic mass is 32.2. The fourth-order valence-electron chi connectivity index (χ4n) is 0.907. The molecule has 16 heavy (non-hydrogen) atoms. The van der Waals surface area contributed by atoms with Gasteiger partial charge in [-0.05, 0) is 6.42 Å². The number of nitrogens with zero attached hydrogens (tertiary/aromatic N) is 1. The van der Waals surface area contributed by atoms with Crippen molar-refractivity contribution >= 4 is 31.2 Å².